The number of nitro benzene ring substituents is 1. The molecular weight excluding hydrogens is 438 g/mol. The second-order valence-corrected chi connectivity index (χ2v) is 8.84. The molecule has 2 heterocycles. The first-order valence-electron chi connectivity index (χ1n) is 8.06. The van der Waals surface area contributed by atoms with Gasteiger partial charge in [-0.2, -0.15) is 4.31 Å². The third-order valence-corrected chi connectivity index (χ3v) is 6.89. The summed E-state index contributed by atoms with van der Waals surface area (Å²) in [6.07, 6.45) is 0. The zero-order valence-electron chi connectivity index (χ0n) is 14.6. The van der Waals surface area contributed by atoms with Crippen molar-refractivity contribution in [1.29, 1.82) is 0 Å². The molecule has 152 valence electrons. The molecule has 0 atom stereocenters. The van der Waals surface area contributed by atoms with Crippen LogP contribution in [0.3, 0.4) is 0 Å². The maximum Gasteiger partial charge on any atom is 0.290 e. The average Bonchev–Trinajstić information content (AvgIpc) is 3.16. The Morgan fingerprint density at radius 3 is 2.30 bits per heavy atom. The zero-order valence-corrected chi connectivity index (χ0v) is 16.2. The Morgan fingerprint density at radius 2 is 1.73 bits per heavy atom. The highest BCUT2D eigenvalue weighted by Crippen LogP contribution is 2.46. The molecule has 0 aromatic heterocycles. The minimum Gasteiger partial charge on any atom is -0.508 e. The molecule has 0 spiro atoms. The van der Waals surface area contributed by atoms with Crippen LogP contribution in [0.2, 0.25) is 0 Å². The van der Waals surface area contributed by atoms with Crippen molar-refractivity contribution in [2.24, 2.45) is 0 Å². The smallest absolute Gasteiger partial charge is 0.290 e. The van der Waals surface area contributed by atoms with E-state index in [-0.39, 0.29) is 33.2 Å². The van der Waals surface area contributed by atoms with Gasteiger partial charge in [-0.25, -0.2) is 8.42 Å². The lowest BCUT2D eigenvalue weighted by Gasteiger charge is -2.17. The highest BCUT2D eigenvalue weighted by Gasteiger charge is 2.45. The normalized spacial score (nSPS) is 18.5. The van der Waals surface area contributed by atoms with Crippen LogP contribution >= 0.6 is 11.8 Å². The Bertz CT molecular complexity index is 1300. The van der Waals surface area contributed by atoms with E-state index in [0.29, 0.717) is 16.1 Å². The first-order chi connectivity index (χ1) is 14.1. The van der Waals surface area contributed by atoms with Crippen LogP contribution in [-0.2, 0) is 19.6 Å². The number of anilines is 1. The van der Waals surface area contributed by atoms with Crippen LogP contribution in [0.15, 0.2) is 52.3 Å². The second kappa shape index (κ2) is 6.67. The van der Waals surface area contributed by atoms with Crippen molar-refractivity contribution < 1.29 is 32.8 Å². The molecule has 4 rings (SSSR count). The highest BCUT2D eigenvalue weighted by molar-refractivity contribution is 8.18. The Kier molecular flexibility index (Phi) is 4.36. The molecule has 0 bridgehead atoms. The molecule has 2 aromatic rings. The van der Waals surface area contributed by atoms with Gasteiger partial charge in [-0.3, -0.25) is 29.8 Å². The number of benzene rings is 2. The van der Waals surface area contributed by atoms with E-state index in [9.17, 15) is 38.0 Å². The Labute approximate surface area is 172 Å². The molecule has 0 aliphatic carbocycles. The van der Waals surface area contributed by atoms with Gasteiger partial charge in [-0.05, 0) is 42.1 Å². The van der Waals surface area contributed by atoms with E-state index in [0.717, 1.165) is 36.4 Å². The van der Waals surface area contributed by atoms with Crippen LogP contribution in [0.4, 0.5) is 16.2 Å². The van der Waals surface area contributed by atoms with E-state index in [1.807, 2.05) is 5.32 Å². The summed E-state index contributed by atoms with van der Waals surface area (Å²) in [5, 5.41) is 21.9. The number of phenols is 1. The van der Waals surface area contributed by atoms with Crippen molar-refractivity contribution in [3.63, 3.8) is 0 Å². The lowest BCUT2D eigenvalue weighted by Crippen LogP contribution is -2.34. The average molecular weight is 447 g/mol. The molecule has 2 N–H and O–H groups in total. The topological polar surface area (TPSA) is 164 Å². The largest absolute Gasteiger partial charge is 0.508 e. The van der Waals surface area contributed by atoms with Gasteiger partial charge in [0.1, 0.15) is 5.75 Å². The minimum absolute atomic E-state index is 0.0437. The number of hydrogen-bond acceptors (Lipinski definition) is 9. The number of imide groups is 1. The van der Waals surface area contributed by atoms with Crippen LogP contribution in [0, 0.1) is 10.1 Å². The summed E-state index contributed by atoms with van der Waals surface area (Å²) in [5.74, 6) is -2.25. The van der Waals surface area contributed by atoms with Crippen LogP contribution in [0.25, 0.3) is 5.57 Å². The first-order valence-corrected chi connectivity index (χ1v) is 10.3. The number of amides is 3. The van der Waals surface area contributed by atoms with Gasteiger partial charge in [0.05, 0.1) is 26.0 Å². The standard InChI is InChI=1S/C17H9N3O8S2/c21-9-3-6-12-11(7-9)13(14-15(22)18-17(24)29-14)16(23)19(12)30(27,28)10-4-1-8(2-5-10)20(25)26/h1-7,21H,(H,18,22,24)/b14-13-. The van der Waals surface area contributed by atoms with Crippen LogP contribution in [0.5, 0.6) is 5.75 Å². The number of nitrogens with one attached hydrogen (secondary N) is 1. The van der Waals surface area contributed by atoms with Crippen LogP contribution in [0.1, 0.15) is 5.56 Å². The molecule has 2 aliphatic heterocycles. The molecule has 1 fully saturated rings. The van der Waals surface area contributed by atoms with Crippen molar-refractivity contribution in [3.05, 3.63) is 63.0 Å². The summed E-state index contributed by atoms with van der Waals surface area (Å²) in [7, 11) is -4.53. The van der Waals surface area contributed by atoms with Crippen molar-refractivity contribution in [1.82, 2.24) is 5.32 Å². The number of aromatic hydroxyl groups is 1. The van der Waals surface area contributed by atoms with Gasteiger partial charge in [0.25, 0.3) is 32.8 Å². The summed E-state index contributed by atoms with van der Waals surface area (Å²) >= 11 is 0.439. The fourth-order valence-electron chi connectivity index (χ4n) is 3.01. The molecular formula is C17H9N3O8S2. The number of phenolic OH excluding ortho intramolecular Hbond substituents is 1. The summed E-state index contributed by atoms with van der Waals surface area (Å²) in [6, 6.07) is 7.35. The van der Waals surface area contributed by atoms with Gasteiger partial charge >= 0.3 is 0 Å². The monoisotopic (exact) mass is 447 g/mol. The van der Waals surface area contributed by atoms with E-state index in [1.165, 1.54) is 6.07 Å². The molecule has 0 radical (unpaired) electrons. The minimum atomic E-state index is -4.53. The summed E-state index contributed by atoms with van der Waals surface area (Å²) in [5.41, 5.74) is -0.864. The highest BCUT2D eigenvalue weighted by atomic mass is 32.2. The zero-order chi connectivity index (χ0) is 21.8. The molecule has 0 unspecified atom stereocenters. The third-order valence-electron chi connectivity index (χ3n) is 4.30. The number of nitrogens with zero attached hydrogens (tertiary/aromatic N) is 2. The van der Waals surface area contributed by atoms with Crippen molar-refractivity contribution in [2.45, 2.75) is 4.90 Å². The molecule has 0 saturated carbocycles. The van der Waals surface area contributed by atoms with Crippen molar-refractivity contribution in [3.8, 4) is 5.75 Å². The number of rotatable bonds is 3. The second-order valence-electron chi connectivity index (χ2n) is 6.07. The maximum absolute atomic E-state index is 13.2. The Hall–Kier alpha value is -3.71. The van der Waals surface area contributed by atoms with Crippen LogP contribution in [-0.4, -0.2) is 35.5 Å². The summed E-state index contributed by atoms with van der Waals surface area (Å²) < 4.78 is 26.7. The lowest BCUT2D eigenvalue weighted by atomic mass is 10.1. The van der Waals surface area contributed by atoms with Crippen molar-refractivity contribution in [2.75, 3.05) is 4.31 Å². The molecule has 2 aliphatic rings. The van der Waals surface area contributed by atoms with E-state index < -0.39 is 36.9 Å². The summed E-state index contributed by atoms with van der Waals surface area (Å²) in [4.78, 5) is 46.1. The first kappa shape index (κ1) is 19.6. The molecule has 30 heavy (non-hydrogen) atoms. The predicted molar refractivity (Wildman–Crippen MR) is 104 cm³/mol. The molecule has 11 nitrogen and oxygen atoms in total. The van der Waals surface area contributed by atoms with E-state index in [2.05, 4.69) is 0 Å². The molecule has 2 aromatic carbocycles. The number of sulfonamides is 1. The van der Waals surface area contributed by atoms with Gasteiger partial charge < -0.3 is 5.11 Å². The third kappa shape index (κ3) is 2.91. The molecule has 3 amide bonds. The number of carbonyl (C=O) groups excluding carboxylic acids is 3. The number of nitro groups is 1. The fraction of sp³-hybridized carbons (Fsp3) is 0. The van der Waals surface area contributed by atoms with Gasteiger partial charge in [0.15, 0.2) is 0 Å². The number of fused-ring (bicyclic) bond motifs is 1. The number of thioether (sulfide) groups is 1. The number of carbonyl (C=O) groups is 3. The van der Waals surface area contributed by atoms with E-state index in [1.54, 1.807) is 0 Å². The van der Waals surface area contributed by atoms with Gasteiger partial charge in [-0.15, -0.1) is 0 Å². The van der Waals surface area contributed by atoms with E-state index >= 15 is 0 Å². The predicted octanol–water partition coefficient (Wildman–Crippen LogP) is 1.73. The number of non-ortho nitro benzene ring substituents is 1. The van der Waals surface area contributed by atoms with Gasteiger partial charge in [0, 0.05) is 17.7 Å². The summed E-state index contributed by atoms with van der Waals surface area (Å²) in [6.45, 7) is 0. The van der Waals surface area contributed by atoms with Crippen LogP contribution < -0.4 is 9.62 Å². The van der Waals surface area contributed by atoms with Crippen molar-refractivity contribution >= 4 is 55.8 Å². The molecule has 1 saturated heterocycles. The molecule has 13 heteroatoms. The Morgan fingerprint density at radius 1 is 1.07 bits per heavy atom. The lowest BCUT2D eigenvalue weighted by molar-refractivity contribution is -0.384. The number of hydrogen-bond donors (Lipinski definition) is 2. The quantitative estimate of drug-likeness (QED) is 0.405. The van der Waals surface area contributed by atoms with Gasteiger partial charge in [0.2, 0.25) is 0 Å². The van der Waals surface area contributed by atoms with Gasteiger partial charge in [-0.1, -0.05) is 0 Å². The van der Waals surface area contributed by atoms with E-state index in [4.69, 9.17) is 0 Å². The fourth-order valence-corrected chi connectivity index (χ4v) is 5.20. The Balaban J connectivity index is 1.90. The SMILES string of the molecule is O=C1NC(=O)/C(=C2/C(=O)N(S(=O)(=O)c3ccc([N+](=O)[O-])cc3)c3ccc(O)cc32)S1. The maximum atomic E-state index is 13.2.